The van der Waals surface area contributed by atoms with Crippen molar-refractivity contribution >= 4 is 11.8 Å². The van der Waals surface area contributed by atoms with Gasteiger partial charge in [-0.05, 0) is 19.4 Å². The summed E-state index contributed by atoms with van der Waals surface area (Å²) in [4.78, 5) is 29.5. The molecule has 1 aromatic rings. The van der Waals surface area contributed by atoms with Crippen molar-refractivity contribution in [2.24, 2.45) is 0 Å². The number of nitrogens with one attached hydrogen (secondary N) is 2. The number of carbonyl (C=O) groups excluding carboxylic acids is 2. The number of amides is 2. The maximum Gasteiger partial charge on any atom is 0.251 e. The van der Waals surface area contributed by atoms with Crippen molar-refractivity contribution in [3.8, 4) is 0 Å². The highest BCUT2D eigenvalue weighted by Gasteiger charge is 2.42. The minimum absolute atomic E-state index is 0.0113. The van der Waals surface area contributed by atoms with Gasteiger partial charge in [-0.2, -0.15) is 0 Å². The Hall–Kier alpha value is -1.96. The largest absolute Gasteiger partial charge is 0.356 e. The Labute approximate surface area is 161 Å². The van der Waals surface area contributed by atoms with E-state index in [0.717, 1.165) is 38.3 Å². The van der Waals surface area contributed by atoms with Crippen LogP contribution >= 0.6 is 0 Å². The number of hydrogen-bond donors (Lipinski definition) is 2. The van der Waals surface area contributed by atoms with E-state index < -0.39 is 12.1 Å². The second kappa shape index (κ2) is 9.30. The lowest BCUT2D eigenvalue weighted by atomic mass is 9.96. The van der Waals surface area contributed by atoms with Crippen molar-refractivity contribution in [2.45, 2.75) is 32.0 Å². The molecule has 7 heteroatoms. The monoisotopic (exact) mass is 374 g/mol. The normalized spacial score (nSPS) is 24.3. The van der Waals surface area contributed by atoms with Gasteiger partial charge in [0.1, 0.15) is 6.61 Å². The first-order chi connectivity index (χ1) is 13.1. The molecule has 3 rings (SSSR count). The number of nitrogens with zero attached hydrogens (tertiary/aromatic N) is 2. The fourth-order valence-electron chi connectivity index (χ4n) is 3.81. The summed E-state index contributed by atoms with van der Waals surface area (Å²) in [6.45, 7) is 9.26. The van der Waals surface area contributed by atoms with Crippen LogP contribution in [0.4, 0.5) is 0 Å². The van der Waals surface area contributed by atoms with Crippen LogP contribution in [0.3, 0.4) is 0 Å². The lowest BCUT2D eigenvalue weighted by Gasteiger charge is -2.42. The Morgan fingerprint density at radius 1 is 1.26 bits per heavy atom. The van der Waals surface area contributed by atoms with Crippen LogP contribution in [0.25, 0.3) is 0 Å². The highest BCUT2D eigenvalue weighted by molar-refractivity contribution is 5.86. The van der Waals surface area contributed by atoms with Crippen LogP contribution in [0.5, 0.6) is 0 Å². The zero-order valence-electron chi connectivity index (χ0n) is 16.2. The molecular formula is C20H30N4O3. The molecule has 2 heterocycles. The molecule has 0 saturated carbocycles. The van der Waals surface area contributed by atoms with E-state index in [1.54, 1.807) is 4.90 Å². The molecule has 27 heavy (non-hydrogen) atoms. The molecule has 0 radical (unpaired) electrons. The molecule has 2 amide bonds. The maximum atomic E-state index is 12.9. The summed E-state index contributed by atoms with van der Waals surface area (Å²) in [6.07, 6.45) is -0.699. The lowest BCUT2D eigenvalue weighted by molar-refractivity contribution is -0.167. The zero-order chi connectivity index (χ0) is 19.2. The highest BCUT2D eigenvalue weighted by atomic mass is 16.5. The number of carbonyl (C=O) groups is 2. The third-order valence-electron chi connectivity index (χ3n) is 5.15. The molecule has 2 N–H and O–H groups in total. The van der Waals surface area contributed by atoms with Gasteiger partial charge in [0, 0.05) is 45.3 Å². The van der Waals surface area contributed by atoms with Crippen LogP contribution < -0.4 is 10.6 Å². The van der Waals surface area contributed by atoms with Gasteiger partial charge in [0.05, 0.1) is 6.04 Å². The molecule has 0 spiro atoms. The van der Waals surface area contributed by atoms with Crippen LogP contribution in [0.15, 0.2) is 30.3 Å². The first-order valence-electron chi connectivity index (χ1n) is 9.76. The van der Waals surface area contributed by atoms with E-state index in [0.29, 0.717) is 6.54 Å². The van der Waals surface area contributed by atoms with E-state index in [9.17, 15) is 9.59 Å². The Morgan fingerprint density at radius 2 is 1.96 bits per heavy atom. The fourth-order valence-corrected chi connectivity index (χ4v) is 3.81. The molecule has 7 nitrogen and oxygen atoms in total. The van der Waals surface area contributed by atoms with Gasteiger partial charge in [-0.1, -0.05) is 30.3 Å². The third kappa shape index (κ3) is 4.86. The SMILES string of the molecule is CC(C)N1C(=O)CO[C@H](C(=O)NCCN2CCNCC2)[C@H]1c1ccccc1. The molecule has 0 unspecified atom stereocenters. The van der Waals surface area contributed by atoms with Gasteiger partial charge in [-0.3, -0.25) is 14.5 Å². The molecule has 0 bridgehead atoms. The molecule has 2 aliphatic heterocycles. The minimum Gasteiger partial charge on any atom is -0.356 e. The summed E-state index contributed by atoms with van der Waals surface area (Å²) in [5, 5.41) is 6.33. The Balaban J connectivity index is 1.69. The second-order valence-electron chi connectivity index (χ2n) is 7.36. The van der Waals surface area contributed by atoms with Crippen LogP contribution in [-0.2, 0) is 14.3 Å². The number of hydrogen-bond acceptors (Lipinski definition) is 5. The van der Waals surface area contributed by atoms with E-state index >= 15 is 0 Å². The topological polar surface area (TPSA) is 73.9 Å². The van der Waals surface area contributed by atoms with E-state index in [-0.39, 0.29) is 24.5 Å². The molecular weight excluding hydrogens is 344 g/mol. The van der Waals surface area contributed by atoms with Crippen LogP contribution in [-0.4, -0.2) is 79.6 Å². The van der Waals surface area contributed by atoms with Gasteiger partial charge in [-0.25, -0.2) is 0 Å². The zero-order valence-corrected chi connectivity index (χ0v) is 16.2. The van der Waals surface area contributed by atoms with Gasteiger partial charge in [0.15, 0.2) is 6.10 Å². The van der Waals surface area contributed by atoms with Crippen LogP contribution in [0, 0.1) is 0 Å². The molecule has 148 valence electrons. The van der Waals surface area contributed by atoms with E-state index in [2.05, 4.69) is 15.5 Å². The number of piperazine rings is 1. The van der Waals surface area contributed by atoms with Gasteiger partial charge in [0.25, 0.3) is 5.91 Å². The van der Waals surface area contributed by atoms with Crippen molar-refractivity contribution in [3.05, 3.63) is 35.9 Å². The molecule has 1 aromatic carbocycles. The first-order valence-corrected chi connectivity index (χ1v) is 9.76. The smallest absolute Gasteiger partial charge is 0.251 e. The Bertz CT molecular complexity index is 631. The fraction of sp³-hybridized carbons (Fsp3) is 0.600. The van der Waals surface area contributed by atoms with Crippen molar-refractivity contribution in [1.29, 1.82) is 0 Å². The summed E-state index contributed by atoms with van der Waals surface area (Å²) in [5.41, 5.74) is 0.918. The van der Waals surface area contributed by atoms with Crippen molar-refractivity contribution in [2.75, 3.05) is 45.9 Å². The summed E-state index contributed by atoms with van der Waals surface area (Å²) in [6, 6.07) is 9.25. The molecule has 2 aliphatic rings. The number of ether oxygens (including phenoxy) is 1. The van der Waals surface area contributed by atoms with Gasteiger partial charge in [-0.15, -0.1) is 0 Å². The second-order valence-corrected chi connectivity index (χ2v) is 7.36. The predicted octanol–water partition coefficient (Wildman–Crippen LogP) is 0.385. The number of morpholine rings is 1. The Kier molecular flexibility index (Phi) is 6.82. The quantitative estimate of drug-likeness (QED) is 0.753. The minimum atomic E-state index is -0.699. The average Bonchev–Trinajstić information content (AvgIpc) is 2.68. The molecule has 0 aliphatic carbocycles. The number of rotatable bonds is 6. The van der Waals surface area contributed by atoms with E-state index in [1.165, 1.54) is 0 Å². The predicted molar refractivity (Wildman–Crippen MR) is 103 cm³/mol. The van der Waals surface area contributed by atoms with Crippen LogP contribution in [0.1, 0.15) is 25.5 Å². The Morgan fingerprint density at radius 3 is 2.63 bits per heavy atom. The van der Waals surface area contributed by atoms with Crippen molar-refractivity contribution in [3.63, 3.8) is 0 Å². The van der Waals surface area contributed by atoms with Crippen molar-refractivity contribution in [1.82, 2.24) is 20.4 Å². The van der Waals surface area contributed by atoms with E-state index in [1.807, 2.05) is 44.2 Å². The summed E-state index contributed by atoms with van der Waals surface area (Å²) in [5.74, 6) is -0.235. The number of benzene rings is 1. The summed E-state index contributed by atoms with van der Waals surface area (Å²) < 4.78 is 5.72. The molecule has 2 saturated heterocycles. The van der Waals surface area contributed by atoms with Gasteiger partial charge in [0.2, 0.25) is 5.91 Å². The standard InChI is InChI=1S/C20H30N4O3/c1-15(2)24-17(25)14-27-19(18(24)16-6-4-3-5-7-16)20(26)22-10-13-23-11-8-21-9-12-23/h3-7,15,18-19,21H,8-14H2,1-2H3,(H,22,26)/t18-,19+/m1/s1. The third-order valence-corrected chi connectivity index (χ3v) is 5.15. The molecule has 0 aromatic heterocycles. The maximum absolute atomic E-state index is 12.9. The van der Waals surface area contributed by atoms with E-state index in [4.69, 9.17) is 4.74 Å². The van der Waals surface area contributed by atoms with Crippen molar-refractivity contribution < 1.29 is 14.3 Å². The first kappa shape index (κ1) is 19.8. The molecule has 2 atom stereocenters. The average molecular weight is 374 g/mol. The van der Waals surface area contributed by atoms with Gasteiger partial charge < -0.3 is 20.3 Å². The summed E-state index contributed by atoms with van der Waals surface area (Å²) >= 11 is 0. The highest BCUT2D eigenvalue weighted by Crippen LogP contribution is 2.32. The van der Waals surface area contributed by atoms with Crippen LogP contribution in [0.2, 0.25) is 0 Å². The lowest BCUT2D eigenvalue weighted by Crippen LogP contribution is -2.56. The summed E-state index contributed by atoms with van der Waals surface area (Å²) in [7, 11) is 0. The molecule has 2 fully saturated rings. The van der Waals surface area contributed by atoms with Gasteiger partial charge >= 0.3 is 0 Å².